The summed E-state index contributed by atoms with van der Waals surface area (Å²) in [5.74, 6) is 2.34. The monoisotopic (exact) mass is 167 g/mol. The van der Waals surface area contributed by atoms with Gasteiger partial charge in [0.15, 0.2) is 0 Å². The number of aliphatic hydroxyl groups is 2. The highest BCUT2D eigenvalue weighted by molar-refractivity contribution is 5.21. The van der Waals surface area contributed by atoms with Gasteiger partial charge in [0.25, 0.3) is 0 Å². The predicted octanol–water partition coefficient (Wildman–Crippen LogP) is -0.907. The van der Waals surface area contributed by atoms with Crippen LogP contribution in [0.2, 0.25) is 0 Å². The molecule has 3 N–H and O–H groups in total. The largest absolute Gasteiger partial charge is 0.389 e. The molecule has 2 fully saturated rings. The third kappa shape index (κ3) is 0.962. The van der Waals surface area contributed by atoms with Crippen LogP contribution in [0.25, 0.3) is 0 Å². The maximum atomic E-state index is 9.58. The van der Waals surface area contributed by atoms with E-state index in [1.165, 1.54) is 0 Å². The molecule has 1 saturated heterocycles. The zero-order valence-corrected chi connectivity index (χ0v) is 6.83. The van der Waals surface area contributed by atoms with Crippen LogP contribution >= 0.6 is 0 Å². The van der Waals surface area contributed by atoms with E-state index in [9.17, 15) is 10.2 Å². The van der Waals surface area contributed by atoms with Gasteiger partial charge < -0.3 is 15.5 Å². The Morgan fingerprint density at radius 3 is 2.58 bits per heavy atom. The summed E-state index contributed by atoms with van der Waals surface area (Å²) < 4.78 is 0. The number of nitrogens with one attached hydrogen (secondary N) is 1. The van der Waals surface area contributed by atoms with Gasteiger partial charge in [-0.05, 0) is 12.8 Å². The van der Waals surface area contributed by atoms with Crippen LogP contribution in [0.15, 0.2) is 0 Å². The van der Waals surface area contributed by atoms with Crippen molar-refractivity contribution in [2.24, 2.45) is 5.92 Å². The molecule has 2 aliphatic rings. The molecule has 1 aliphatic heterocycles. The molecule has 3 unspecified atom stereocenters. The van der Waals surface area contributed by atoms with Gasteiger partial charge in [0.1, 0.15) is 0 Å². The van der Waals surface area contributed by atoms with E-state index < -0.39 is 12.2 Å². The lowest BCUT2D eigenvalue weighted by molar-refractivity contribution is -0.0392. The summed E-state index contributed by atoms with van der Waals surface area (Å²) in [5, 5.41) is 22.1. The van der Waals surface area contributed by atoms with Crippen molar-refractivity contribution in [3.8, 4) is 12.3 Å². The van der Waals surface area contributed by atoms with E-state index in [0.29, 0.717) is 6.54 Å². The minimum atomic E-state index is -0.751. The Balaban J connectivity index is 2.17. The van der Waals surface area contributed by atoms with Crippen LogP contribution in [0.3, 0.4) is 0 Å². The molecule has 0 amide bonds. The van der Waals surface area contributed by atoms with Crippen LogP contribution in [-0.4, -0.2) is 34.5 Å². The average molecular weight is 167 g/mol. The highest BCUT2D eigenvalue weighted by Gasteiger charge is 2.55. The SMILES string of the molecule is C#CC1C(O)C(O)CNC12CC2. The molecular weight excluding hydrogens is 154 g/mol. The second kappa shape index (κ2) is 2.46. The Kier molecular flexibility index (Phi) is 1.65. The van der Waals surface area contributed by atoms with Crippen molar-refractivity contribution < 1.29 is 10.2 Å². The number of hydrogen-bond donors (Lipinski definition) is 3. The van der Waals surface area contributed by atoms with Crippen LogP contribution in [0, 0.1) is 18.3 Å². The Hall–Kier alpha value is -0.560. The molecule has 66 valence electrons. The number of hydrogen-bond acceptors (Lipinski definition) is 3. The van der Waals surface area contributed by atoms with Gasteiger partial charge in [-0.3, -0.25) is 0 Å². The summed E-state index contributed by atoms with van der Waals surface area (Å²) in [4.78, 5) is 0. The van der Waals surface area contributed by atoms with E-state index >= 15 is 0 Å². The molecule has 0 aromatic rings. The van der Waals surface area contributed by atoms with E-state index in [1.54, 1.807) is 0 Å². The minimum Gasteiger partial charge on any atom is -0.389 e. The summed E-state index contributed by atoms with van der Waals surface area (Å²) in [5.41, 5.74) is -0.0482. The smallest absolute Gasteiger partial charge is 0.0966 e. The lowest BCUT2D eigenvalue weighted by Gasteiger charge is -2.36. The van der Waals surface area contributed by atoms with Crippen molar-refractivity contribution in [1.82, 2.24) is 5.32 Å². The molecule has 0 bridgehead atoms. The fourth-order valence-electron chi connectivity index (χ4n) is 1.97. The van der Waals surface area contributed by atoms with Gasteiger partial charge >= 0.3 is 0 Å². The van der Waals surface area contributed by atoms with Gasteiger partial charge in [-0.1, -0.05) is 5.92 Å². The Labute approximate surface area is 71.8 Å². The van der Waals surface area contributed by atoms with E-state index in [4.69, 9.17) is 6.42 Å². The van der Waals surface area contributed by atoms with Crippen LogP contribution in [-0.2, 0) is 0 Å². The molecule has 1 spiro atoms. The first-order valence-electron chi connectivity index (χ1n) is 4.27. The van der Waals surface area contributed by atoms with Gasteiger partial charge in [0.2, 0.25) is 0 Å². The number of β-amino-alcohol motifs (C(OH)–C–C–N with tert-alkyl or cyclic N) is 1. The zero-order valence-electron chi connectivity index (χ0n) is 6.83. The van der Waals surface area contributed by atoms with Crippen molar-refractivity contribution in [2.45, 2.75) is 30.6 Å². The van der Waals surface area contributed by atoms with E-state index in [2.05, 4.69) is 11.2 Å². The zero-order chi connectivity index (χ0) is 8.77. The maximum Gasteiger partial charge on any atom is 0.0966 e. The van der Waals surface area contributed by atoms with Crippen molar-refractivity contribution >= 4 is 0 Å². The lowest BCUT2D eigenvalue weighted by atomic mass is 9.85. The van der Waals surface area contributed by atoms with Crippen LogP contribution in [0.1, 0.15) is 12.8 Å². The van der Waals surface area contributed by atoms with Crippen molar-refractivity contribution in [3.05, 3.63) is 0 Å². The average Bonchev–Trinajstić information content (AvgIpc) is 2.81. The highest BCUT2D eigenvalue weighted by Crippen LogP contribution is 2.45. The Bertz CT molecular complexity index is 229. The predicted molar refractivity (Wildman–Crippen MR) is 44.3 cm³/mol. The van der Waals surface area contributed by atoms with Crippen molar-refractivity contribution in [3.63, 3.8) is 0 Å². The molecule has 2 rings (SSSR count). The highest BCUT2D eigenvalue weighted by atomic mass is 16.3. The summed E-state index contributed by atoms with van der Waals surface area (Å²) in [6.07, 6.45) is 5.89. The fourth-order valence-corrected chi connectivity index (χ4v) is 1.97. The molecule has 0 aromatic carbocycles. The van der Waals surface area contributed by atoms with Gasteiger partial charge in [0.05, 0.1) is 18.1 Å². The van der Waals surface area contributed by atoms with Crippen molar-refractivity contribution in [1.29, 1.82) is 0 Å². The third-order valence-corrected chi connectivity index (χ3v) is 2.96. The van der Waals surface area contributed by atoms with Crippen LogP contribution in [0.5, 0.6) is 0 Å². The number of rotatable bonds is 0. The normalized spacial score (nSPS) is 43.9. The summed E-state index contributed by atoms with van der Waals surface area (Å²) in [7, 11) is 0. The Morgan fingerprint density at radius 1 is 1.42 bits per heavy atom. The molecule has 3 atom stereocenters. The maximum absolute atomic E-state index is 9.58. The van der Waals surface area contributed by atoms with Gasteiger partial charge in [-0.2, -0.15) is 0 Å². The van der Waals surface area contributed by atoms with E-state index in [-0.39, 0.29) is 11.5 Å². The summed E-state index contributed by atoms with van der Waals surface area (Å²) in [6.45, 7) is 0.458. The topological polar surface area (TPSA) is 52.5 Å². The second-order valence-corrected chi connectivity index (χ2v) is 3.74. The standard InChI is InChI=1S/C9H13NO2/c1-2-6-8(12)7(11)5-10-9(6)3-4-9/h1,6-8,10-12H,3-5H2. The molecule has 0 aromatic heterocycles. The first kappa shape index (κ1) is 8.06. The molecule has 1 aliphatic carbocycles. The Morgan fingerprint density at radius 2 is 2.08 bits per heavy atom. The van der Waals surface area contributed by atoms with Gasteiger partial charge in [-0.25, -0.2) is 0 Å². The minimum absolute atomic E-state index is 0.0482. The van der Waals surface area contributed by atoms with Crippen LogP contribution in [0.4, 0.5) is 0 Å². The quantitative estimate of drug-likeness (QED) is 0.410. The first-order chi connectivity index (χ1) is 5.69. The molecular formula is C9H13NO2. The molecule has 3 nitrogen and oxygen atoms in total. The molecule has 0 radical (unpaired) electrons. The van der Waals surface area contributed by atoms with E-state index in [0.717, 1.165) is 12.8 Å². The van der Waals surface area contributed by atoms with Gasteiger partial charge in [-0.15, -0.1) is 6.42 Å². The summed E-state index contributed by atoms with van der Waals surface area (Å²) >= 11 is 0. The number of piperidine rings is 1. The third-order valence-electron chi connectivity index (χ3n) is 2.96. The lowest BCUT2D eigenvalue weighted by Crippen LogP contribution is -2.57. The second-order valence-electron chi connectivity index (χ2n) is 3.74. The van der Waals surface area contributed by atoms with E-state index in [1.807, 2.05) is 0 Å². The van der Waals surface area contributed by atoms with Crippen LogP contribution < -0.4 is 5.32 Å². The first-order valence-corrected chi connectivity index (χ1v) is 4.27. The number of terminal acetylenes is 1. The molecule has 3 heteroatoms. The van der Waals surface area contributed by atoms with Crippen molar-refractivity contribution in [2.75, 3.05) is 6.54 Å². The summed E-state index contributed by atoms with van der Waals surface area (Å²) in [6, 6.07) is 0. The molecule has 1 saturated carbocycles. The fraction of sp³-hybridized carbons (Fsp3) is 0.778. The molecule has 12 heavy (non-hydrogen) atoms. The number of aliphatic hydroxyl groups excluding tert-OH is 2. The molecule has 1 heterocycles. The van der Waals surface area contributed by atoms with Gasteiger partial charge in [0, 0.05) is 12.1 Å².